The highest BCUT2D eigenvalue weighted by atomic mass is 32.1. The van der Waals surface area contributed by atoms with Crippen LogP contribution in [-0.2, 0) is 4.79 Å². The van der Waals surface area contributed by atoms with Gasteiger partial charge in [0.1, 0.15) is 5.75 Å². The lowest BCUT2D eigenvalue weighted by Crippen LogP contribution is -2.24. The Kier molecular flexibility index (Phi) is 6.55. The summed E-state index contributed by atoms with van der Waals surface area (Å²) in [4.78, 5) is 26.4. The second-order valence-corrected chi connectivity index (χ2v) is 7.97. The molecule has 2 N–H and O–H groups in total. The van der Waals surface area contributed by atoms with Gasteiger partial charge in [-0.2, -0.15) is 0 Å². The quantitative estimate of drug-likeness (QED) is 0.497. The fourth-order valence-corrected chi connectivity index (χ4v) is 3.60. The minimum atomic E-state index is -0.222. The number of amides is 1. The lowest BCUT2D eigenvalue weighted by atomic mass is 9.95. The molecule has 1 aliphatic carbocycles. The Bertz CT molecular complexity index is 1290. The normalized spacial score (nSPS) is 15.1. The maximum Gasteiger partial charge on any atom is 0.256 e. The number of carbonyl (C=O) groups is 1. The number of carbonyl (C=O) groups excluding carboxylic acids is 1. The number of rotatable bonds is 6. The van der Waals surface area contributed by atoms with Crippen LogP contribution in [0.15, 0.2) is 72.6 Å². The number of aryl methyl sites for hydroxylation is 1. The Morgan fingerprint density at radius 3 is 2.79 bits per heavy atom. The van der Waals surface area contributed by atoms with E-state index in [1.165, 1.54) is 0 Å². The summed E-state index contributed by atoms with van der Waals surface area (Å²) in [6, 6.07) is 11.0. The zero-order valence-corrected chi connectivity index (χ0v) is 19.3. The average molecular weight is 458 g/mol. The molecule has 0 bridgehead atoms. The lowest BCUT2D eigenvalue weighted by molar-refractivity contribution is -0.112. The third-order valence-corrected chi connectivity index (χ3v) is 5.74. The van der Waals surface area contributed by atoms with Gasteiger partial charge in [-0.05, 0) is 55.0 Å². The van der Waals surface area contributed by atoms with Gasteiger partial charge in [0, 0.05) is 35.9 Å². The van der Waals surface area contributed by atoms with Crippen molar-refractivity contribution < 1.29 is 9.53 Å². The number of hydrogen-bond donors (Lipinski definition) is 2. The van der Waals surface area contributed by atoms with Gasteiger partial charge >= 0.3 is 0 Å². The molecule has 0 saturated heterocycles. The van der Waals surface area contributed by atoms with Crippen LogP contribution < -0.4 is 15.4 Å². The van der Waals surface area contributed by atoms with Gasteiger partial charge in [-0.3, -0.25) is 4.79 Å². The molecule has 1 atom stereocenters. The van der Waals surface area contributed by atoms with E-state index in [1.807, 2.05) is 44.2 Å². The van der Waals surface area contributed by atoms with Crippen molar-refractivity contribution in [2.75, 3.05) is 17.7 Å². The Morgan fingerprint density at radius 2 is 2.00 bits per heavy atom. The first-order valence-electron chi connectivity index (χ1n) is 10.4. The van der Waals surface area contributed by atoms with Crippen LogP contribution in [0.3, 0.4) is 0 Å². The summed E-state index contributed by atoms with van der Waals surface area (Å²) < 4.78 is 6.13. The maximum absolute atomic E-state index is 12.7. The number of benzene rings is 1. The Morgan fingerprint density at radius 1 is 1.15 bits per heavy atom. The van der Waals surface area contributed by atoms with Crippen molar-refractivity contribution in [3.8, 4) is 22.9 Å². The highest BCUT2D eigenvalue weighted by Gasteiger charge is 2.20. The van der Waals surface area contributed by atoms with E-state index >= 15 is 0 Å². The van der Waals surface area contributed by atoms with E-state index in [-0.39, 0.29) is 11.8 Å². The molecular formula is C25H23N5O2S. The number of ether oxygens (including phenoxy) is 1. The first kappa shape index (κ1) is 22.3. The van der Waals surface area contributed by atoms with Gasteiger partial charge in [-0.25, -0.2) is 15.0 Å². The molecule has 33 heavy (non-hydrogen) atoms. The van der Waals surface area contributed by atoms with Crippen molar-refractivity contribution in [1.29, 1.82) is 0 Å². The summed E-state index contributed by atoms with van der Waals surface area (Å²) in [6.07, 6.45) is 8.93. The predicted molar refractivity (Wildman–Crippen MR) is 134 cm³/mol. The summed E-state index contributed by atoms with van der Waals surface area (Å²) in [7, 11) is 1.76. The number of pyridine rings is 1. The number of thiocarbonyl (C=S) groups is 1. The molecule has 4 rings (SSSR count). The SMILES string of the molecule is CNc1nccc(-c2cccnc2Oc2ccc(NC(=O)C3=CC=CC(C)C3=S)cc2C)n1. The fraction of sp³-hybridized carbons (Fsp3) is 0.160. The summed E-state index contributed by atoms with van der Waals surface area (Å²) >= 11 is 5.41. The van der Waals surface area contributed by atoms with E-state index in [4.69, 9.17) is 17.0 Å². The number of aromatic nitrogens is 3. The van der Waals surface area contributed by atoms with E-state index < -0.39 is 0 Å². The molecule has 1 unspecified atom stereocenters. The molecule has 1 aliphatic rings. The van der Waals surface area contributed by atoms with Crippen LogP contribution >= 0.6 is 12.2 Å². The van der Waals surface area contributed by atoms with E-state index in [0.29, 0.717) is 39.4 Å². The second kappa shape index (κ2) is 9.70. The third-order valence-electron chi connectivity index (χ3n) is 5.15. The van der Waals surface area contributed by atoms with Crippen LogP contribution in [0.1, 0.15) is 12.5 Å². The van der Waals surface area contributed by atoms with Crippen molar-refractivity contribution in [3.63, 3.8) is 0 Å². The summed E-state index contributed by atoms with van der Waals surface area (Å²) in [5, 5.41) is 5.85. The van der Waals surface area contributed by atoms with E-state index in [0.717, 1.165) is 11.1 Å². The van der Waals surface area contributed by atoms with Crippen molar-refractivity contribution in [3.05, 3.63) is 78.2 Å². The number of hydrogen-bond acceptors (Lipinski definition) is 7. The highest BCUT2D eigenvalue weighted by molar-refractivity contribution is 7.81. The van der Waals surface area contributed by atoms with Crippen LogP contribution in [0.2, 0.25) is 0 Å². The van der Waals surface area contributed by atoms with Crippen molar-refractivity contribution >= 4 is 34.6 Å². The van der Waals surface area contributed by atoms with Crippen LogP contribution in [0, 0.1) is 12.8 Å². The van der Waals surface area contributed by atoms with Gasteiger partial charge in [-0.1, -0.05) is 31.3 Å². The predicted octanol–water partition coefficient (Wildman–Crippen LogP) is 5.12. The van der Waals surface area contributed by atoms with Crippen molar-refractivity contribution in [1.82, 2.24) is 15.0 Å². The first-order valence-corrected chi connectivity index (χ1v) is 10.9. The molecule has 0 aliphatic heterocycles. The monoisotopic (exact) mass is 457 g/mol. The lowest BCUT2D eigenvalue weighted by Gasteiger charge is -2.17. The Labute approximate surface area is 197 Å². The van der Waals surface area contributed by atoms with Crippen LogP contribution in [0.25, 0.3) is 11.3 Å². The van der Waals surface area contributed by atoms with Crippen molar-refractivity contribution in [2.45, 2.75) is 13.8 Å². The van der Waals surface area contributed by atoms with Gasteiger partial charge in [0.15, 0.2) is 0 Å². The molecule has 7 nitrogen and oxygen atoms in total. The molecule has 1 amide bonds. The molecule has 3 aromatic rings. The molecule has 2 heterocycles. The number of nitrogens with zero attached hydrogens (tertiary/aromatic N) is 3. The van der Waals surface area contributed by atoms with Gasteiger partial charge in [0.05, 0.1) is 16.8 Å². The number of nitrogens with one attached hydrogen (secondary N) is 2. The number of anilines is 2. The molecule has 2 aromatic heterocycles. The largest absolute Gasteiger partial charge is 0.438 e. The smallest absolute Gasteiger partial charge is 0.256 e. The third kappa shape index (κ3) is 4.96. The van der Waals surface area contributed by atoms with E-state index in [2.05, 4.69) is 25.6 Å². The topological polar surface area (TPSA) is 89.0 Å². The van der Waals surface area contributed by atoms with Gasteiger partial charge in [-0.15, -0.1) is 0 Å². The minimum absolute atomic E-state index is 0.0647. The highest BCUT2D eigenvalue weighted by Crippen LogP contribution is 2.33. The zero-order chi connectivity index (χ0) is 23.4. The zero-order valence-electron chi connectivity index (χ0n) is 18.5. The van der Waals surface area contributed by atoms with Crippen molar-refractivity contribution in [2.24, 2.45) is 5.92 Å². The standard InChI is InChI=1S/C25H23N5O2S/c1-15-6-4-7-19(22(15)33)23(31)29-17-9-10-21(16(2)14-17)32-24-18(8-5-12-27-24)20-11-13-28-25(26-3)30-20/h4-15H,1-3H3,(H,29,31)(H,26,28,30). The molecule has 1 aromatic carbocycles. The minimum Gasteiger partial charge on any atom is -0.438 e. The maximum atomic E-state index is 12.7. The molecule has 8 heteroatoms. The summed E-state index contributed by atoms with van der Waals surface area (Å²) in [6.45, 7) is 3.88. The molecule has 166 valence electrons. The van der Waals surface area contributed by atoms with Crippen LogP contribution in [0.4, 0.5) is 11.6 Å². The second-order valence-electron chi connectivity index (χ2n) is 7.53. The molecule has 0 fully saturated rings. The Hall–Kier alpha value is -3.91. The summed E-state index contributed by atoms with van der Waals surface area (Å²) in [5.41, 5.74) is 3.46. The van der Waals surface area contributed by atoms with Crippen LogP contribution in [0.5, 0.6) is 11.6 Å². The Balaban J connectivity index is 1.54. The van der Waals surface area contributed by atoms with Gasteiger partial charge in [0.25, 0.3) is 5.91 Å². The van der Waals surface area contributed by atoms with Gasteiger partial charge in [0.2, 0.25) is 11.8 Å². The number of allylic oxidation sites excluding steroid dienone is 3. The van der Waals surface area contributed by atoms with Crippen LogP contribution in [-0.4, -0.2) is 32.8 Å². The fourth-order valence-electron chi connectivity index (χ4n) is 3.36. The van der Waals surface area contributed by atoms with E-state index in [1.54, 1.807) is 43.7 Å². The molecule has 0 spiro atoms. The summed E-state index contributed by atoms with van der Waals surface area (Å²) in [5.74, 6) is 1.41. The molecule has 0 saturated carbocycles. The van der Waals surface area contributed by atoms with Gasteiger partial charge < -0.3 is 15.4 Å². The molecular weight excluding hydrogens is 434 g/mol. The van der Waals surface area contributed by atoms with E-state index in [9.17, 15) is 4.79 Å². The first-order chi connectivity index (χ1) is 16.0. The molecule has 0 radical (unpaired) electrons. The average Bonchev–Trinajstić information content (AvgIpc) is 2.83.